The third-order valence-corrected chi connectivity index (χ3v) is 5.29. The lowest BCUT2D eigenvalue weighted by Gasteiger charge is -2.04. The van der Waals surface area contributed by atoms with Gasteiger partial charge in [-0.15, -0.1) is 28.3 Å². The van der Waals surface area contributed by atoms with Crippen LogP contribution in [0, 0.1) is 10.1 Å². The van der Waals surface area contributed by atoms with E-state index in [2.05, 4.69) is 15.5 Å². The monoisotopic (exact) mass is 530 g/mol. The molecule has 0 saturated heterocycles. The minimum Gasteiger partial charge on any atom is -0.477 e. The normalized spacial score (nSPS) is 10.9. The van der Waals surface area contributed by atoms with E-state index in [1.807, 2.05) is 0 Å². The summed E-state index contributed by atoms with van der Waals surface area (Å²) in [6.45, 7) is 0. The van der Waals surface area contributed by atoms with Crippen molar-refractivity contribution in [3.63, 3.8) is 0 Å². The molecule has 0 aliphatic heterocycles. The fraction of sp³-hybridized carbons (Fsp3) is 0.0556. The molecule has 0 spiro atoms. The Morgan fingerprint density at radius 1 is 1.23 bits per heavy atom. The molecule has 2 aromatic carbocycles. The molecular formula is C18H13BrCl2N4O4S. The molecule has 0 aliphatic rings. The summed E-state index contributed by atoms with van der Waals surface area (Å²) in [6, 6.07) is 11.0. The minimum absolute atomic E-state index is 0. The average Bonchev–Trinajstić information content (AvgIpc) is 3.16. The van der Waals surface area contributed by atoms with Crippen molar-refractivity contribution >= 4 is 74.0 Å². The van der Waals surface area contributed by atoms with Gasteiger partial charge >= 0.3 is 5.97 Å². The zero-order valence-electron chi connectivity index (χ0n) is 14.9. The molecule has 0 bridgehead atoms. The summed E-state index contributed by atoms with van der Waals surface area (Å²) < 4.78 is 0. The highest BCUT2D eigenvalue weighted by Gasteiger charge is 2.18. The molecule has 3 aromatic rings. The summed E-state index contributed by atoms with van der Waals surface area (Å²) in [7, 11) is 0. The lowest BCUT2D eigenvalue weighted by atomic mass is 10.1. The molecule has 0 atom stereocenters. The number of aromatic nitrogens is 1. The first-order chi connectivity index (χ1) is 13.8. The van der Waals surface area contributed by atoms with Gasteiger partial charge < -0.3 is 5.11 Å². The minimum atomic E-state index is -1.29. The van der Waals surface area contributed by atoms with Crippen LogP contribution in [0.5, 0.6) is 0 Å². The molecule has 156 valence electrons. The highest BCUT2D eigenvalue weighted by molar-refractivity contribution is 8.93. The average molecular weight is 532 g/mol. The van der Waals surface area contributed by atoms with Crippen molar-refractivity contribution in [2.24, 2.45) is 5.10 Å². The van der Waals surface area contributed by atoms with Gasteiger partial charge in [0, 0.05) is 29.0 Å². The number of aliphatic carboxylic acids is 1. The Bertz CT molecular complexity index is 1120. The van der Waals surface area contributed by atoms with Gasteiger partial charge in [0.15, 0.2) is 0 Å². The fourth-order valence-corrected chi connectivity index (χ4v) is 3.37. The number of carbonyl (C=O) groups is 1. The Kier molecular flexibility index (Phi) is 8.30. The van der Waals surface area contributed by atoms with Crippen molar-refractivity contribution < 1.29 is 14.8 Å². The van der Waals surface area contributed by atoms with Crippen LogP contribution in [0.3, 0.4) is 0 Å². The Morgan fingerprint density at radius 3 is 2.63 bits per heavy atom. The molecule has 0 saturated carbocycles. The van der Waals surface area contributed by atoms with Crippen molar-refractivity contribution in [1.82, 2.24) is 4.98 Å². The predicted molar refractivity (Wildman–Crippen MR) is 123 cm³/mol. The van der Waals surface area contributed by atoms with E-state index >= 15 is 0 Å². The summed E-state index contributed by atoms with van der Waals surface area (Å²) in [5.74, 6) is -1.29. The van der Waals surface area contributed by atoms with E-state index in [1.165, 1.54) is 29.5 Å². The van der Waals surface area contributed by atoms with Crippen LogP contribution < -0.4 is 5.43 Å². The van der Waals surface area contributed by atoms with Gasteiger partial charge in [0.1, 0.15) is 5.71 Å². The molecule has 1 aromatic heterocycles. The van der Waals surface area contributed by atoms with Crippen LogP contribution in [-0.2, 0) is 11.2 Å². The van der Waals surface area contributed by atoms with Gasteiger partial charge in [-0.3, -0.25) is 15.5 Å². The van der Waals surface area contributed by atoms with Crippen molar-refractivity contribution in [2.75, 3.05) is 5.43 Å². The predicted octanol–water partition coefficient (Wildman–Crippen LogP) is 5.70. The molecule has 0 radical (unpaired) electrons. The van der Waals surface area contributed by atoms with Crippen molar-refractivity contribution in [3.05, 3.63) is 73.6 Å². The van der Waals surface area contributed by atoms with E-state index in [0.717, 1.165) is 5.56 Å². The number of rotatable bonds is 7. The second kappa shape index (κ2) is 10.5. The zero-order valence-corrected chi connectivity index (χ0v) is 19.0. The number of hydrazone groups is 1. The van der Waals surface area contributed by atoms with Gasteiger partial charge in [-0.2, -0.15) is 5.10 Å². The quantitative estimate of drug-likeness (QED) is 0.229. The molecule has 3 rings (SSSR count). The molecule has 8 nitrogen and oxygen atoms in total. The number of benzene rings is 2. The SMILES string of the molecule is Br.O=C(O)/C(Cc1ccccc1[N+](=O)[O-])=N\Nc1nc(-c2ccc(Cl)c(Cl)c2)cs1. The Morgan fingerprint density at radius 2 is 1.97 bits per heavy atom. The number of nitro benzene ring substituents is 1. The molecule has 2 N–H and O–H groups in total. The Balaban J connectivity index is 0.00000320. The largest absolute Gasteiger partial charge is 0.477 e. The third kappa shape index (κ3) is 5.76. The van der Waals surface area contributed by atoms with E-state index in [9.17, 15) is 20.0 Å². The van der Waals surface area contributed by atoms with E-state index in [4.69, 9.17) is 23.2 Å². The van der Waals surface area contributed by atoms with Crippen molar-refractivity contribution in [2.45, 2.75) is 6.42 Å². The highest BCUT2D eigenvalue weighted by Crippen LogP contribution is 2.30. The van der Waals surface area contributed by atoms with Crippen LogP contribution in [0.15, 0.2) is 52.9 Å². The molecular weight excluding hydrogens is 519 g/mol. The molecule has 0 fully saturated rings. The van der Waals surface area contributed by atoms with E-state index in [0.29, 0.717) is 20.9 Å². The topological polar surface area (TPSA) is 118 Å². The number of anilines is 1. The van der Waals surface area contributed by atoms with Gasteiger partial charge in [0.2, 0.25) is 5.13 Å². The molecule has 30 heavy (non-hydrogen) atoms. The summed E-state index contributed by atoms with van der Waals surface area (Å²) in [4.78, 5) is 26.4. The molecule has 12 heteroatoms. The summed E-state index contributed by atoms with van der Waals surface area (Å²) >= 11 is 13.1. The van der Waals surface area contributed by atoms with E-state index < -0.39 is 10.9 Å². The van der Waals surface area contributed by atoms with Gasteiger partial charge in [-0.25, -0.2) is 9.78 Å². The first-order valence-electron chi connectivity index (χ1n) is 8.04. The molecule has 0 amide bonds. The van der Waals surface area contributed by atoms with Gasteiger partial charge in [0.25, 0.3) is 5.69 Å². The summed E-state index contributed by atoms with van der Waals surface area (Å²) in [5, 5.41) is 27.3. The number of nitrogens with zero attached hydrogens (tertiary/aromatic N) is 3. The van der Waals surface area contributed by atoms with Crippen LogP contribution in [0.4, 0.5) is 10.8 Å². The zero-order chi connectivity index (χ0) is 21.0. The number of hydrogen-bond donors (Lipinski definition) is 2. The summed E-state index contributed by atoms with van der Waals surface area (Å²) in [5.41, 5.74) is 3.74. The first kappa shape index (κ1) is 23.7. The van der Waals surface area contributed by atoms with Gasteiger partial charge in [-0.1, -0.05) is 47.5 Å². The number of carboxylic acids is 1. The highest BCUT2D eigenvalue weighted by atomic mass is 79.9. The first-order valence-corrected chi connectivity index (χ1v) is 9.68. The Labute approximate surface area is 195 Å². The standard InChI is InChI=1S/C18H12Cl2N4O4S.BrH/c19-12-6-5-10(7-13(12)20)15-9-29-18(21-15)23-22-14(17(25)26)8-11-3-1-2-4-16(11)24(27)28;/h1-7,9H,8H2,(H,21,23)(H,25,26);1H/b22-14-;. The number of nitrogens with one attached hydrogen (secondary N) is 1. The molecule has 1 heterocycles. The van der Waals surface area contributed by atoms with Crippen LogP contribution in [0.1, 0.15) is 5.56 Å². The number of para-hydroxylation sites is 1. The number of carboxylic acid groups (broad SMARTS) is 1. The molecule has 0 unspecified atom stereocenters. The van der Waals surface area contributed by atoms with Crippen LogP contribution >= 0.6 is 51.5 Å². The van der Waals surface area contributed by atoms with Gasteiger partial charge in [0.05, 0.1) is 20.7 Å². The molecule has 0 aliphatic carbocycles. The number of thiazole rings is 1. The second-order valence-electron chi connectivity index (χ2n) is 5.70. The third-order valence-electron chi connectivity index (χ3n) is 3.80. The van der Waals surface area contributed by atoms with Gasteiger partial charge in [-0.05, 0) is 12.1 Å². The van der Waals surface area contributed by atoms with Crippen LogP contribution in [0.25, 0.3) is 11.3 Å². The Hall–Kier alpha value is -2.53. The lowest BCUT2D eigenvalue weighted by Crippen LogP contribution is -2.18. The number of hydrogen-bond acceptors (Lipinski definition) is 7. The van der Waals surface area contributed by atoms with E-state index in [1.54, 1.807) is 29.6 Å². The number of halogens is 3. The van der Waals surface area contributed by atoms with Crippen molar-refractivity contribution in [3.8, 4) is 11.3 Å². The summed E-state index contributed by atoms with van der Waals surface area (Å²) in [6.07, 6.45) is -0.218. The van der Waals surface area contributed by atoms with Crippen LogP contribution in [0.2, 0.25) is 10.0 Å². The maximum atomic E-state index is 11.5. The number of nitro groups is 1. The van der Waals surface area contributed by atoms with Crippen molar-refractivity contribution in [1.29, 1.82) is 0 Å². The second-order valence-corrected chi connectivity index (χ2v) is 7.38. The smallest absolute Gasteiger partial charge is 0.352 e. The van der Waals surface area contributed by atoms with Crippen LogP contribution in [-0.4, -0.2) is 26.7 Å². The van der Waals surface area contributed by atoms with E-state index in [-0.39, 0.29) is 40.4 Å². The fourth-order valence-electron chi connectivity index (χ4n) is 2.41. The maximum absolute atomic E-state index is 11.5. The lowest BCUT2D eigenvalue weighted by molar-refractivity contribution is -0.385. The maximum Gasteiger partial charge on any atom is 0.352 e.